The second kappa shape index (κ2) is 7.07. The summed E-state index contributed by atoms with van der Waals surface area (Å²) in [5, 5.41) is 4.21. The van der Waals surface area contributed by atoms with E-state index in [-0.39, 0.29) is 0 Å². The summed E-state index contributed by atoms with van der Waals surface area (Å²) in [5.74, 6) is 0.982. The molecule has 94 valence electrons. The predicted molar refractivity (Wildman–Crippen MR) is 84.8 cm³/mol. The lowest BCUT2D eigenvalue weighted by Crippen LogP contribution is -2.03. The molecule has 0 aliphatic heterocycles. The smallest absolute Gasteiger partial charge is 0.0541 e. The number of hydrogen-bond donors (Lipinski definition) is 1. The Morgan fingerprint density at radius 1 is 1.11 bits per heavy atom. The van der Waals surface area contributed by atoms with Gasteiger partial charge < -0.3 is 5.32 Å². The molecule has 0 saturated carbocycles. The highest BCUT2D eigenvalue weighted by Crippen LogP contribution is 2.26. The molecule has 0 fully saturated rings. The molecule has 0 bridgehead atoms. The average molecular weight is 343 g/mol. The number of hydrogen-bond acceptors (Lipinski definition) is 2. The predicted octanol–water partition coefficient (Wildman–Crippen LogP) is 5.31. The Kier molecular flexibility index (Phi) is 5.42. The normalized spacial score (nSPS) is 10.3. The maximum absolute atomic E-state index is 6.09. The summed E-state index contributed by atoms with van der Waals surface area (Å²) >= 11 is 11.3. The highest BCUT2D eigenvalue weighted by atomic mass is 79.9. The van der Waals surface area contributed by atoms with Crippen molar-refractivity contribution in [2.24, 2.45) is 0 Å². The number of thioether (sulfide) groups is 1. The number of halogens is 2. The van der Waals surface area contributed by atoms with Gasteiger partial charge in [-0.25, -0.2) is 0 Å². The zero-order valence-electron chi connectivity index (χ0n) is 9.70. The maximum atomic E-state index is 6.09. The lowest BCUT2D eigenvalue weighted by atomic mass is 10.3. The molecule has 0 unspecified atom stereocenters. The van der Waals surface area contributed by atoms with Gasteiger partial charge in [0.25, 0.3) is 0 Å². The first-order valence-electron chi connectivity index (χ1n) is 5.62. The number of rotatable bonds is 5. The minimum absolute atomic E-state index is 0.824. The van der Waals surface area contributed by atoms with Crippen molar-refractivity contribution in [1.29, 1.82) is 0 Å². The largest absolute Gasteiger partial charge is 0.384 e. The Morgan fingerprint density at radius 2 is 1.94 bits per heavy atom. The van der Waals surface area contributed by atoms with E-state index >= 15 is 0 Å². The van der Waals surface area contributed by atoms with E-state index in [0.717, 1.165) is 32.4 Å². The van der Waals surface area contributed by atoms with Crippen LogP contribution in [0.4, 0.5) is 5.69 Å². The Hall–Kier alpha value is -0.640. The van der Waals surface area contributed by atoms with Gasteiger partial charge in [-0.05, 0) is 30.3 Å². The quantitative estimate of drug-likeness (QED) is 0.584. The van der Waals surface area contributed by atoms with Gasteiger partial charge in [0.15, 0.2) is 0 Å². The summed E-state index contributed by atoms with van der Waals surface area (Å²) in [6.07, 6.45) is 0. The molecule has 0 aliphatic carbocycles. The van der Waals surface area contributed by atoms with E-state index in [1.165, 1.54) is 0 Å². The fraction of sp³-hybridized carbons (Fsp3) is 0.143. The van der Waals surface area contributed by atoms with Crippen LogP contribution in [-0.2, 0) is 0 Å². The second-order valence-corrected chi connectivity index (χ2v) is 6.18. The molecule has 1 N–H and O–H groups in total. The second-order valence-electron chi connectivity index (χ2n) is 3.72. The molecule has 0 aromatic heterocycles. The molecule has 0 radical (unpaired) electrons. The monoisotopic (exact) mass is 341 g/mol. The summed E-state index contributed by atoms with van der Waals surface area (Å²) in [6, 6.07) is 16.1. The third-order valence-electron chi connectivity index (χ3n) is 2.35. The summed E-state index contributed by atoms with van der Waals surface area (Å²) < 4.78 is 1.09. The van der Waals surface area contributed by atoms with E-state index in [4.69, 9.17) is 11.6 Å². The van der Waals surface area contributed by atoms with Crippen LogP contribution in [0.15, 0.2) is 57.9 Å². The van der Waals surface area contributed by atoms with Crippen LogP contribution in [0.25, 0.3) is 0 Å². The highest BCUT2D eigenvalue weighted by molar-refractivity contribution is 9.10. The molecule has 2 aromatic rings. The zero-order valence-corrected chi connectivity index (χ0v) is 12.9. The first-order chi connectivity index (χ1) is 8.75. The van der Waals surface area contributed by atoms with E-state index in [9.17, 15) is 0 Å². The maximum Gasteiger partial charge on any atom is 0.0541 e. The molecule has 1 nitrogen and oxygen atoms in total. The summed E-state index contributed by atoms with van der Waals surface area (Å²) in [6.45, 7) is 0.909. The molecule has 2 aromatic carbocycles. The van der Waals surface area contributed by atoms with Gasteiger partial charge >= 0.3 is 0 Å². The summed E-state index contributed by atoms with van der Waals surface area (Å²) in [7, 11) is 0. The standard InChI is InChI=1S/C14H13BrClNS/c15-11-4-3-5-12(10-11)17-8-9-18-14-7-2-1-6-13(14)16/h1-7,10,17H,8-9H2. The van der Waals surface area contributed by atoms with E-state index in [0.29, 0.717) is 0 Å². The minimum Gasteiger partial charge on any atom is -0.384 e. The Balaban J connectivity index is 1.78. The van der Waals surface area contributed by atoms with Crippen LogP contribution in [0.3, 0.4) is 0 Å². The highest BCUT2D eigenvalue weighted by Gasteiger charge is 1.99. The van der Waals surface area contributed by atoms with Gasteiger partial charge in [-0.15, -0.1) is 11.8 Å². The van der Waals surface area contributed by atoms with Crippen LogP contribution in [0.5, 0.6) is 0 Å². The van der Waals surface area contributed by atoms with E-state index in [1.807, 2.05) is 36.4 Å². The SMILES string of the molecule is Clc1ccccc1SCCNc1cccc(Br)c1. The molecule has 0 spiro atoms. The molecule has 0 heterocycles. The van der Waals surface area contributed by atoms with E-state index in [1.54, 1.807) is 11.8 Å². The van der Waals surface area contributed by atoms with Crippen molar-refractivity contribution < 1.29 is 0 Å². The van der Waals surface area contributed by atoms with Gasteiger partial charge in [-0.2, -0.15) is 0 Å². The Bertz CT molecular complexity index is 519. The lowest BCUT2D eigenvalue weighted by molar-refractivity contribution is 1.22. The molecule has 0 saturated heterocycles. The van der Waals surface area contributed by atoms with Crippen LogP contribution in [0, 0.1) is 0 Å². The molecular formula is C14H13BrClNS. The molecule has 18 heavy (non-hydrogen) atoms. The zero-order chi connectivity index (χ0) is 12.8. The Labute approximate surface area is 125 Å². The van der Waals surface area contributed by atoms with Crippen molar-refractivity contribution in [3.63, 3.8) is 0 Å². The van der Waals surface area contributed by atoms with Crippen LogP contribution in [0.1, 0.15) is 0 Å². The van der Waals surface area contributed by atoms with Crippen molar-refractivity contribution in [2.75, 3.05) is 17.6 Å². The van der Waals surface area contributed by atoms with Crippen molar-refractivity contribution >= 4 is 45.0 Å². The third-order valence-corrected chi connectivity index (χ3v) is 4.36. The number of anilines is 1. The number of benzene rings is 2. The van der Waals surface area contributed by atoms with Gasteiger partial charge in [-0.1, -0.05) is 45.7 Å². The van der Waals surface area contributed by atoms with Crippen molar-refractivity contribution in [3.05, 3.63) is 58.0 Å². The summed E-state index contributed by atoms with van der Waals surface area (Å²) in [4.78, 5) is 1.13. The van der Waals surface area contributed by atoms with Gasteiger partial charge in [-0.3, -0.25) is 0 Å². The van der Waals surface area contributed by atoms with E-state index < -0.39 is 0 Å². The van der Waals surface area contributed by atoms with Gasteiger partial charge in [0, 0.05) is 27.4 Å². The fourth-order valence-corrected chi connectivity index (χ4v) is 3.02. The summed E-state index contributed by atoms with van der Waals surface area (Å²) in [5.41, 5.74) is 1.13. The minimum atomic E-state index is 0.824. The third kappa shape index (κ3) is 4.23. The van der Waals surface area contributed by atoms with Gasteiger partial charge in [0.05, 0.1) is 5.02 Å². The molecular weight excluding hydrogens is 330 g/mol. The van der Waals surface area contributed by atoms with Crippen LogP contribution < -0.4 is 5.32 Å². The van der Waals surface area contributed by atoms with Crippen molar-refractivity contribution in [3.8, 4) is 0 Å². The topological polar surface area (TPSA) is 12.0 Å². The molecule has 0 atom stereocenters. The number of nitrogens with one attached hydrogen (secondary N) is 1. The van der Waals surface area contributed by atoms with Gasteiger partial charge in [0.1, 0.15) is 0 Å². The molecule has 0 amide bonds. The van der Waals surface area contributed by atoms with Crippen molar-refractivity contribution in [1.82, 2.24) is 0 Å². The average Bonchev–Trinajstić information content (AvgIpc) is 2.37. The van der Waals surface area contributed by atoms with Crippen LogP contribution >= 0.6 is 39.3 Å². The Morgan fingerprint density at radius 3 is 2.72 bits per heavy atom. The van der Waals surface area contributed by atoms with Crippen molar-refractivity contribution in [2.45, 2.75) is 4.90 Å². The first kappa shape index (κ1) is 13.8. The molecule has 2 rings (SSSR count). The van der Waals surface area contributed by atoms with Crippen LogP contribution in [0.2, 0.25) is 5.02 Å². The van der Waals surface area contributed by atoms with Gasteiger partial charge in [0.2, 0.25) is 0 Å². The molecule has 4 heteroatoms. The lowest BCUT2D eigenvalue weighted by Gasteiger charge is -2.07. The van der Waals surface area contributed by atoms with E-state index in [2.05, 4.69) is 33.4 Å². The molecule has 0 aliphatic rings. The van der Waals surface area contributed by atoms with Crippen LogP contribution in [-0.4, -0.2) is 12.3 Å². The first-order valence-corrected chi connectivity index (χ1v) is 7.78. The fourth-order valence-electron chi connectivity index (χ4n) is 1.52.